The number of hydrogen-bond donors (Lipinski definition) is 1. The van der Waals surface area contributed by atoms with Crippen molar-refractivity contribution in [1.82, 2.24) is 10.2 Å². The summed E-state index contributed by atoms with van der Waals surface area (Å²) in [4.78, 5) is 12.9. The summed E-state index contributed by atoms with van der Waals surface area (Å²) < 4.78 is 0. The van der Waals surface area contributed by atoms with Crippen LogP contribution in [0.2, 0.25) is 0 Å². The van der Waals surface area contributed by atoms with Crippen LogP contribution in [0.4, 0.5) is 0 Å². The fourth-order valence-electron chi connectivity index (χ4n) is 0.823. The van der Waals surface area contributed by atoms with E-state index < -0.39 is 0 Å². The minimum absolute atomic E-state index is 0.126. The Morgan fingerprint density at radius 1 is 1.38 bits per heavy atom. The van der Waals surface area contributed by atoms with Gasteiger partial charge < -0.3 is 10.2 Å². The number of carbonyl (C=O) groups excluding carboxylic acids is 1. The van der Waals surface area contributed by atoms with Gasteiger partial charge in [0.1, 0.15) is 0 Å². The lowest BCUT2D eigenvalue weighted by Crippen LogP contribution is -2.22. The van der Waals surface area contributed by atoms with Crippen LogP contribution in [0.1, 0.15) is 19.8 Å². The molecule has 0 unspecified atom stereocenters. The smallest absolute Gasteiger partial charge is 0.219 e. The predicted molar refractivity (Wildman–Crippen MR) is 55.6 cm³/mol. The summed E-state index contributed by atoms with van der Waals surface area (Å²) in [5, 5.41) is 2.82. The maximum absolute atomic E-state index is 10.8. The van der Waals surface area contributed by atoms with Gasteiger partial charge in [0.15, 0.2) is 0 Å². The Balaban J connectivity index is 3.25. The zero-order valence-corrected chi connectivity index (χ0v) is 8.84. The molecule has 0 radical (unpaired) electrons. The molecule has 0 rings (SSSR count). The number of rotatable bonds is 6. The molecule has 0 bridgehead atoms. The molecule has 0 aromatic carbocycles. The van der Waals surface area contributed by atoms with Crippen molar-refractivity contribution in [3.63, 3.8) is 0 Å². The summed E-state index contributed by atoms with van der Waals surface area (Å²) in [5.41, 5.74) is 0. The number of nitrogens with zero attached hydrogens (tertiary/aromatic N) is 1. The molecule has 1 N–H and O–H groups in total. The molecule has 13 heavy (non-hydrogen) atoms. The summed E-state index contributed by atoms with van der Waals surface area (Å²) in [7, 11) is 4.06. The predicted octanol–water partition coefficient (Wildman–Crippen LogP) is 1.02. The molecular formula is C10H20N2O. The van der Waals surface area contributed by atoms with Crippen molar-refractivity contribution in [3.8, 4) is 0 Å². The van der Waals surface area contributed by atoms with Gasteiger partial charge in [0.05, 0.1) is 0 Å². The van der Waals surface area contributed by atoms with Gasteiger partial charge in [0, 0.05) is 19.5 Å². The van der Waals surface area contributed by atoms with E-state index in [0.717, 1.165) is 19.5 Å². The number of amides is 1. The number of likely N-dealkylation sites (N-methyl/N-ethyl adjacent to an activating group) is 1. The third kappa shape index (κ3) is 9.08. The lowest BCUT2D eigenvalue weighted by Gasteiger charge is -2.03. The molecule has 0 atom stereocenters. The molecule has 3 nitrogen and oxygen atoms in total. The van der Waals surface area contributed by atoms with Gasteiger partial charge in [-0.1, -0.05) is 19.1 Å². The van der Waals surface area contributed by atoms with Gasteiger partial charge in [-0.2, -0.15) is 0 Å². The monoisotopic (exact) mass is 184 g/mol. The summed E-state index contributed by atoms with van der Waals surface area (Å²) in [5.74, 6) is 0.126. The lowest BCUT2D eigenvalue weighted by atomic mass is 10.3. The fraction of sp³-hybridized carbons (Fsp3) is 0.700. The normalized spacial score (nSPS) is 11.1. The van der Waals surface area contributed by atoms with E-state index in [1.165, 1.54) is 0 Å². The van der Waals surface area contributed by atoms with Crippen LogP contribution in [0, 0.1) is 0 Å². The van der Waals surface area contributed by atoms with Gasteiger partial charge in [0.25, 0.3) is 0 Å². The van der Waals surface area contributed by atoms with E-state index in [-0.39, 0.29) is 5.91 Å². The van der Waals surface area contributed by atoms with Crippen molar-refractivity contribution in [1.29, 1.82) is 0 Å². The quantitative estimate of drug-likeness (QED) is 0.494. The van der Waals surface area contributed by atoms with E-state index in [4.69, 9.17) is 0 Å². The van der Waals surface area contributed by atoms with Crippen LogP contribution in [0.25, 0.3) is 0 Å². The average Bonchev–Trinajstić information content (AvgIpc) is 2.10. The molecule has 0 fully saturated rings. The third-order valence-electron chi connectivity index (χ3n) is 1.59. The second-order valence-electron chi connectivity index (χ2n) is 3.23. The molecule has 3 heteroatoms. The Morgan fingerprint density at radius 3 is 2.62 bits per heavy atom. The van der Waals surface area contributed by atoms with Crippen LogP contribution in [-0.4, -0.2) is 38.0 Å². The van der Waals surface area contributed by atoms with Gasteiger partial charge in [-0.3, -0.25) is 4.79 Å². The highest BCUT2D eigenvalue weighted by atomic mass is 16.1. The SMILES string of the molecule is CCC(=O)NCC/C=C/CN(C)C. The van der Waals surface area contributed by atoms with Crippen molar-refractivity contribution >= 4 is 5.91 Å². The summed E-state index contributed by atoms with van der Waals surface area (Å²) >= 11 is 0. The van der Waals surface area contributed by atoms with Gasteiger partial charge in [-0.25, -0.2) is 0 Å². The first-order chi connectivity index (χ1) is 6.16. The van der Waals surface area contributed by atoms with Crippen LogP contribution in [0.15, 0.2) is 12.2 Å². The first-order valence-corrected chi connectivity index (χ1v) is 4.73. The molecular weight excluding hydrogens is 164 g/mol. The number of carbonyl (C=O) groups is 1. The summed E-state index contributed by atoms with van der Waals surface area (Å²) in [6.07, 6.45) is 5.69. The molecule has 0 saturated heterocycles. The number of hydrogen-bond acceptors (Lipinski definition) is 2. The Bertz CT molecular complexity index is 164. The van der Waals surface area contributed by atoms with Crippen molar-refractivity contribution in [2.45, 2.75) is 19.8 Å². The van der Waals surface area contributed by atoms with E-state index >= 15 is 0 Å². The standard InChI is InChI=1S/C10H20N2O/c1-4-10(13)11-8-6-5-7-9-12(2)3/h5,7H,4,6,8-9H2,1-3H3,(H,11,13)/b7-5+. The molecule has 0 aliphatic rings. The van der Waals surface area contributed by atoms with Crippen LogP contribution in [0.3, 0.4) is 0 Å². The molecule has 0 aliphatic carbocycles. The lowest BCUT2D eigenvalue weighted by molar-refractivity contribution is -0.120. The first kappa shape index (κ1) is 12.2. The molecule has 0 aromatic heterocycles. The third-order valence-corrected chi connectivity index (χ3v) is 1.59. The van der Waals surface area contributed by atoms with E-state index in [0.29, 0.717) is 6.42 Å². The minimum atomic E-state index is 0.126. The Hall–Kier alpha value is -0.830. The molecule has 0 aliphatic heterocycles. The van der Waals surface area contributed by atoms with E-state index in [1.807, 2.05) is 21.0 Å². The van der Waals surface area contributed by atoms with E-state index in [1.54, 1.807) is 0 Å². The highest BCUT2D eigenvalue weighted by Crippen LogP contribution is 1.84. The van der Waals surface area contributed by atoms with Crippen molar-refractivity contribution in [3.05, 3.63) is 12.2 Å². The number of nitrogens with one attached hydrogen (secondary N) is 1. The molecule has 0 heterocycles. The highest BCUT2D eigenvalue weighted by Gasteiger charge is 1.92. The molecule has 0 aromatic rings. The summed E-state index contributed by atoms with van der Waals surface area (Å²) in [6, 6.07) is 0. The minimum Gasteiger partial charge on any atom is -0.356 e. The van der Waals surface area contributed by atoms with Gasteiger partial charge in [0.2, 0.25) is 5.91 Å². The van der Waals surface area contributed by atoms with Crippen molar-refractivity contribution in [2.24, 2.45) is 0 Å². The Labute approximate surface area is 80.8 Å². The van der Waals surface area contributed by atoms with Crippen LogP contribution in [0.5, 0.6) is 0 Å². The molecule has 1 amide bonds. The second-order valence-corrected chi connectivity index (χ2v) is 3.23. The summed E-state index contributed by atoms with van der Waals surface area (Å²) in [6.45, 7) is 3.57. The molecule has 76 valence electrons. The van der Waals surface area contributed by atoms with Gasteiger partial charge in [-0.05, 0) is 20.5 Å². The Kier molecular flexibility index (Phi) is 7.30. The van der Waals surface area contributed by atoms with Crippen LogP contribution < -0.4 is 5.32 Å². The van der Waals surface area contributed by atoms with Crippen LogP contribution >= 0.6 is 0 Å². The molecule has 0 spiro atoms. The highest BCUT2D eigenvalue weighted by molar-refractivity contribution is 5.75. The Morgan fingerprint density at radius 2 is 2.08 bits per heavy atom. The van der Waals surface area contributed by atoms with Gasteiger partial charge in [-0.15, -0.1) is 0 Å². The van der Waals surface area contributed by atoms with E-state index in [9.17, 15) is 4.79 Å². The fourth-order valence-corrected chi connectivity index (χ4v) is 0.823. The largest absolute Gasteiger partial charge is 0.356 e. The zero-order chi connectivity index (χ0) is 10.1. The topological polar surface area (TPSA) is 32.3 Å². The average molecular weight is 184 g/mol. The zero-order valence-electron chi connectivity index (χ0n) is 8.84. The maximum Gasteiger partial charge on any atom is 0.219 e. The molecule has 0 saturated carbocycles. The van der Waals surface area contributed by atoms with Crippen LogP contribution in [-0.2, 0) is 4.79 Å². The van der Waals surface area contributed by atoms with Crippen molar-refractivity contribution < 1.29 is 4.79 Å². The van der Waals surface area contributed by atoms with E-state index in [2.05, 4.69) is 22.4 Å². The first-order valence-electron chi connectivity index (χ1n) is 4.73. The van der Waals surface area contributed by atoms with Gasteiger partial charge >= 0.3 is 0 Å². The maximum atomic E-state index is 10.8. The second kappa shape index (κ2) is 7.80. The van der Waals surface area contributed by atoms with Crippen molar-refractivity contribution in [2.75, 3.05) is 27.2 Å².